The van der Waals surface area contributed by atoms with Crippen LogP contribution in [-0.2, 0) is 6.42 Å². The van der Waals surface area contributed by atoms with Gasteiger partial charge in [-0.1, -0.05) is 64.7 Å². The lowest BCUT2D eigenvalue weighted by atomic mass is 9.77. The van der Waals surface area contributed by atoms with Crippen LogP contribution in [0.25, 0.3) is 0 Å². The van der Waals surface area contributed by atoms with Crippen LogP contribution in [0.15, 0.2) is 18.5 Å². The number of aryl methyl sites for hydroxylation is 1. The second kappa shape index (κ2) is 10.9. The van der Waals surface area contributed by atoms with Crippen molar-refractivity contribution < 1.29 is 0 Å². The quantitative estimate of drug-likeness (QED) is 0.332. The molecule has 2 nitrogen and oxygen atoms in total. The number of unbranched alkanes of at least 4 members (excludes halogenated alkanes) is 9. The van der Waals surface area contributed by atoms with E-state index in [1.807, 2.05) is 0 Å². The number of likely N-dealkylation sites (tertiary alicyclic amines) is 1. The second-order valence-corrected chi connectivity index (χ2v) is 10.6. The molecule has 1 saturated heterocycles. The zero-order valence-electron chi connectivity index (χ0n) is 19.9. The average molecular weight is 389 g/mol. The molecule has 1 aliphatic rings. The van der Waals surface area contributed by atoms with Crippen molar-refractivity contribution in [1.29, 1.82) is 0 Å². The van der Waals surface area contributed by atoms with Crippen LogP contribution < -0.4 is 0 Å². The minimum absolute atomic E-state index is 0.257. The van der Waals surface area contributed by atoms with Gasteiger partial charge >= 0.3 is 0 Å². The van der Waals surface area contributed by atoms with Crippen molar-refractivity contribution in [2.24, 2.45) is 0 Å². The predicted octanol–water partition coefficient (Wildman–Crippen LogP) is 7.78. The number of nitrogens with zero attached hydrogens (tertiary/aromatic N) is 2. The molecule has 1 aromatic heterocycles. The Morgan fingerprint density at radius 2 is 1.32 bits per heavy atom. The highest BCUT2D eigenvalue weighted by molar-refractivity contribution is 5.13. The van der Waals surface area contributed by atoms with Gasteiger partial charge in [0.1, 0.15) is 0 Å². The fourth-order valence-corrected chi connectivity index (χ4v) is 5.18. The summed E-state index contributed by atoms with van der Waals surface area (Å²) in [6.45, 7) is 11.9. The van der Waals surface area contributed by atoms with Crippen molar-refractivity contribution in [3.05, 3.63) is 24.0 Å². The van der Waals surface area contributed by atoms with Crippen LogP contribution in [0.2, 0.25) is 0 Å². The van der Waals surface area contributed by atoms with Crippen molar-refractivity contribution in [3.8, 4) is 0 Å². The van der Waals surface area contributed by atoms with E-state index in [0.717, 1.165) is 0 Å². The molecule has 162 valence electrons. The van der Waals surface area contributed by atoms with Gasteiger partial charge in [0.15, 0.2) is 0 Å². The van der Waals surface area contributed by atoms with E-state index in [2.05, 4.69) is 69.6 Å². The maximum atomic E-state index is 2.57. The summed E-state index contributed by atoms with van der Waals surface area (Å²) in [6.07, 6.45) is 22.7. The van der Waals surface area contributed by atoms with Gasteiger partial charge < -0.3 is 4.57 Å². The van der Waals surface area contributed by atoms with Crippen LogP contribution in [0.5, 0.6) is 0 Å². The van der Waals surface area contributed by atoms with Crippen LogP contribution in [0.4, 0.5) is 0 Å². The van der Waals surface area contributed by atoms with E-state index < -0.39 is 0 Å². The Kier molecular flexibility index (Phi) is 9.12. The fraction of sp³-hybridized carbons (Fsp3) is 0.846. The summed E-state index contributed by atoms with van der Waals surface area (Å²) < 4.78 is 2.52. The Hall–Kier alpha value is -0.760. The zero-order valence-corrected chi connectivity index (χ0v) is 19.9. The lowest BCUT2D eigenvalue weighted by Crippen LogP contribution is -2.58. The topological polar surface area (TPSA) is 8.17 Å². The molecule has 28 heavy (non-hydrogen) atoms. The molecular weight excluding hydrogens is 340 g/mol. The van der Waals surface area contributed by atoms with E-state index in [1.54, 1.807) is 0 Å². The van der Waals surface area contributed by atoms with Crippen molar-refractivity contribution in [2.75, 3.05) is 7.05 Å². The second-order valence-electron chi connectivity index (χ2n) is 10.6. The van der Waals surface area contributed by atoms with Crippen LogP contribution in [0.3, 0.4) is 0 Å². The lowest BCUT2D eigenvalue weighted by molar-refractivity contribution is -0.0260. The van der Waals surface area contributed by atoms with Gasteiger partial charge in [0, 0.05) is 29.5 Å². The first-order chi connectivity index (χ1) is 13.3. The first-order valence-corrected chi connectivity index (χ1v) is 12.2. The third-order valence-corrected chi connectivity index (χ3v) is 7.30. The smallest absolute Gasteiger partial charge is 0.0365 e. The summed E-state index contributed by atoms with van der Waals surface area (Å²) in [5, 5.41) is 0. The Labute approximate surface area is 176 Å². The van der Waals surface area contributed by atoms with E-state index in [1.165, 1.54) is 89.0 Å². The molecule has 1 aliphatic heterocycles. The third kappa shape index (κ3) is 6.94. The van der Waals surface area contributed by atoms with Crippen molar-refractivity contribution in [1.82, 2.24) is 9.47 Å². The molecule has 0 aliphatic carbocycles. The fourth-order valence-electron chi connectivity index (χ4n) is 5.18. The number of rotatable bonds is 12. The third-order valence-electron chi connectivity index (χ3n) is 7.30. The van der Waals surface area contributed by atoms with Gasteiger partial charge in [-0.25, -0.2) is 0 Å². The lowest BCUT2D eigenvalue weighted by Gasteiger charge is -2.54. The monoisotopic (exact) mass is 388 g/mol. The van der Waals surface area contributed by atoms with Crippen LogP contribution in [0, 0.1) is 0 Å². The molecule has 2 heterocycles. The van der Waals surface area contributed by atoms with Gasteiger partial charge in [-0.2, -0.15) is 0 Å². The maximum Gasteiger partial charge on any atom is 0.0365 e. The minimum atomic E-state index is 0.257. The highest BCUT2D eigenvalue weighted by Gasteiger charge is 2.43. The molecular formula is C26H48N2. The van der Waals surface area contributed by atoms with Crippen molar-refractivity contribution >= 4 is 0 Å². The molecule has 0 atom stereocenters. The Morgan fingerprint density at radius 3 is 1.86 bits per heavy atom. The van der Waals surface area contributed by atoms with Crippen LogP contribution in [-0.4, -0.2) is 27.6 Å². The molecule has 0 saturated carbocycles. The number of piperidine rings is 1. The zero-order chi connectivity index (χ0) is 20.6. The van der Waals surface area contributed by atoms with E-state index >= 15 is 0 Å². The van der Waals surface area contributed by atoms with Crippen molar-refractivity contribution in [3.63, 3.8) is 0 Å². The normalized spacial score (nSPS) is 19.9. The van der Waals surface area contributed by atoms with E-state index in [-0.39, 0.29) is 11.1 Å². The van der Waals surface area contributed by atoms with Gasteiger partial charge in [0.25, 0.3) is 0 Å². The van der Waals surface area contributed by atoms with Gasteiger partial charge in [-0.3, -0.25) is 4.90 Å². The molecule has 1 fully saturated rings. The van der Waals surface area contributed by atoms with E-state index in [0.29, 0.717) is 6.04 Å². The summed E-state index contributed by atoms with van der Waals surface area (Å²) in [5.74, 6) is 0. The highest BCUT2D eigenvalue weighted by Crippen LogP contribution is 2.42. The summed E-state index contributed by atoms with van der Waals surface area (Å²) >= 11 is 0. The Morgan fingerprint density at radius 1 is 0.821 bits per heavy atom. The average Bonchev–Trinajstić information content (AvgIpc) is 3.10. The molecule has 0 spiro atoms. The summed E-state index contributed by atoms with van der Waals surface area (Å²) in [5.41, 5.74) is 2.05. The molecule has 0 unspecified atom stereocenters. The molecule has 2 heteroatoms. The molecule has 0 N–H and O–H groups in total. The SMILES string of the molecule is CCCCCCCCCCCCc1ccn(C2CC(C)(C)N(C)C(C)(C)C2)c1. The van der Waals surface area contributed by atoms with E-state index in [4.69, 9.17) is 0 Å². The predicted molar refractivity (Wildman–Crippen MR) is 124 cm³/mol. The molecule has 0 radical (unpaired) electrons. The Bertz CT molecular complexity index is 537. The maximum absolute atomic E-state index is 2.57. The van der Waals surface area contributed by atoms with Crippen LogP contribution in [0.1, 0.15) is 123 Å². The number of hydrogen-bond donors (Lipinski definition) is 0. The van der Waals surface area contributed by atoms with Gasteiger partial charge in [-0.05, 0) is 72.1 Å². The molecule has 1 aromatic rings. The summed E-state index contributed by atoms with van der Waals surface area (Å²) in [7, 11) is 2.29. The van der Waals surface area contributed by atoms with E-state index in [9.17, 15) is 0 Å². The molecule has 0 amide bonds. The molecule has 0 bridgehead atoms. The van der Waals surface area contributed by atoms with Crippen molar-refractivity contribution in [2.45, 2.75) is 135 Å². The summed E-state index contributed by atoms with van der Waals surface area (Å²) in [6, 6.07) is 2.99. The standard InChI is InChI=1S/C26H48N2/c1-7-8-9-10-11-12-13-14-15-16-17-23-18-19-28(22-23)24-20-25(2,3)27(6)26(4,5)21-24/h18-19,22,24H,7-17,20-21H2,1-6H3. The summed E-state index contributed by atoms with van der Waals surface area (Å²) in [4.78, 5) is 2.57. The number of aromatic nitrogens is 1. The molecule has 0 aromatic carbocycles. The van der Waals surface area contributed by atoms with Gasteiger partial charge in [0.2, 0.25) is 0 Å². The minimum Gasteiger partial charge on any atom is -0.351 e. The van der Waals surface area contributed by atoms with Gasteiger partial charge in [-0.15, -0.1) is 0 Å². The van der Waals surface area contributed by atoms with Gasteiger partial charge in [0.05, 0.1) is 0 Å². The Balaban J connectivity index is 1.67. The highest BCUT2D eigenvalue weighted by atomic mass is 15.2. The van der Waals surface area contributed by atoms with Crippen LogP contribution >= 0.6 is 0 Å². The largest absolute Gasteiger partial charge is 0.351 e. The first kappa shape index (κ1) is 23.5. The number of hydrogen-bond acceptors (Lipinski definition) is 1. The first-order valence-electron chi connectivity index (χ1n) is 12.2. The molecule has 2 rings (SSSR count).